The van der Waals surface area contributed by atoms with Crippen molar-refractivity contribution in [2.24, 2.45) is 0 Å². The van der Waals surface area contributed by atoms with Crippen molar-refractivity contribution in [2.75, 3.05) is 38.1 Å². The molecule has 0 spiro atoms. The first-order valence-corrected chi connectivity index (χ1v) is 7.36. The summed E-state index contributed by atoms with van der Waals surface area (Å²) in [6.45, 7) is 5.09. The molecule has 0 aromatic heterocycles. The standard InChI is InChI=1S/C16H21N3O3/c1-3-14(20)15(17)11-8-12(16(21)22)10-13(9-11)19-6-4-18(2)5-7-19/h8-10,17H,3-7H2,1-2H3,(H,21,22). The smallest absolute Gasteiger partial charge is 0.335 e. The highest BCUT2D eigenvalue weighted by Crippen LogP contribution is 2.22. The number of piperazine rings is 1. The van der Waals surface area contributed by atoms with E-state index in [9.17, 15) is 14.7 Å². The fraction of sp³-hybridized carbons (Fsp3) is 0.438. The number of hydrogen-bond donors (Lipinski definition) is 2. The largest absolute Gasteiger partial charge is 0.478 e. The van der Waals surface area contributed by atoms with Gasteiger partial charge in [0.25, 0.3) is 0 Å². The van der Waals surface area contributed by atoms with E-state index in [0.717, 1.165) is 31.9 Å². The molecule has 1 heterocycles. The van der Waals surface area contributed by atoms with Crippen LogP contribution < -0.4 is 4.90 Å². The number of likely N-dealkylation sites (N-methyl/N-ethyl adjacent to an activating group) is 1. The maximum Gasteiger partial charge on any atom is 0.335 e. The highest BCUT2D eigenvalue weighted by molar-refractivity contribution is 6.45. The summed E-state index contributed by atoms with van der Waals surface area (Å²) in [7, 11) is 2.05. The summed E-state index contributed by atoms with van der Waals surface area (Å²) in [4.78, 5) is 27.4. The van der Waals surface area contributed by atoms with Gasteiger partial charge in [0.15, 0.2) is 5.78 Å². The van der Waals surface area contributed by atoms with Gasteiger partial charge in [0.2, 0.25) is 0 Å². The molecule has 0 atom stereocenters. The molecular formula is C16H21N3O3. The summed E-state index contributed by atoms with van der Waals surface area (Å²) in [5, 5.41) is 17.2. The zero-order chi connectivity index (χ0) is 16.3. The number of carbonyl (C=O) groups is 2. The Morgan fingerprint density at radius 1 is 1.14 bits per heavy atom. The van der Waals surface area contributed by atoms with Gasteiger partial charge in [0, 0.05) is 43.9 Å². The molecule has 1 saturated heterocycles. The van der Waals surface area contributed by atoms with E-state index in [4.69, 9.17) is 5.41 Å². The Bertz CT molecular complexity index is 605. The fourth-order valence-corrected chi connectivity index (χ4v) is 2.46. The molecule has 0 saturated carbocycles. The maximum absolute atomic E-state index is 11.7. The molecular weight excluding hydrogens is 282 g/mol. The second kappa shape index (κ2) is 6.70. The van der Waals surface area contributed by atoms with Gasteiger partial charge in [-0.15, -0.1) is 0 Å². The van der Waals surface area contributed by atoms with Gasteiger partial charge in [-0.1, -0.05) is 6.92 Å². The summed E-state index contributed by atoms with van der Waals surface area (Å²) in [6.07, 6.45) is 0.236. The van der Waals surface area contributed by atoms with E-state index >= 15 is 0 Å². The van der Waals surface area contributed by atoms with Crippen LogP contribution in [-0.4, -0.2) is 60.7 Å². The van der Waals surface area contributed by atoms with Crippen LogP contribution in [0, 0.1) is 5.41 Å². The Balaban J connectivity index is 2.37. The number of benzene rings is 1. The number of carboxylic acids is 1. The Morgan fingerprint density at radius 3 is 2.27 bits per heavy atom. The van der Waals surface area contributed by atoms with E-state index in [0.29, 0.717) is 5.56 Å². The third kappa shape index (κ3) is 3.51. The normalized spacial score (nSPS) is 15.6. The van der Waals surface area contributed by atoms with Gasteiger partial charge in [0.05, 0.1) is 5.56 Å². The molecule has 0 amide bonds. The van der Waals surface area contributed by atoms with E-state index in [1.54, 1.807) is 19.1 Å². The molecule has 0 unspecified atom stereocenters. The van der Waals surface area contributed by atoms with Crippen molar-refractivity contribution in [3.8, 4) is 0 Å². The predicted molar refractivity (Wildman–Crippen MR) is 85.2 cm³/mol. The van der Waals surface area contributed by atoms with Gasteiger partial charge in [-0.25, -0.2) is 4.79 Å². The second-order valence-corrected chi connectivity index (χ2v) is 5.52. The van der Waals surface area contributed by atoms with Crippen LogP contribution >= 0.6 is 0 Å². The van der Waals surface area contributed by atoms with Crippen LogP contribution in [0.1, 0.15) is 29.3 Å². The average molecular weight is 303 g/mol. The zero-order valence-electron chi connectivity index (χ0n) is 12.9. The van der Waals surface area contributed by atoms with Gasteiger partial charge >= 0.3 is 5.97 Å². The molecule has 1 fully saturated rings. The topological polar surface area (TPSA) is 84.7 Å². The third-order valence-electron chi connectivity index (χ3n) is 3.92. The molecule has 1 aromatic rings. The molecule has 1 aliphatic heterocycles. The van der Waals surface area contributed by atoms with Gasteiger partial charge in [-0.3, -0.25) is 10.2 Å². The van der Waals surface area contributed by atoms with Gasteiger partial charge < -0.3 is 14.9 Å². The lowest BCUT2D eigenvalue weighted by atomic mass is 10.0. The lowest BCUT2D eigenvalue weighted by Crippen LogP contribution is -2.44. The van der Waals surface area contributed by atoms with Crippen molar-refractivity contribution < 1.29 is 14.7 Å². The third-order valence-corrected chi connectivity index (χ3v) is 3.92. The number of carbonyl (C=O) groups excluding carboxylic acids is 1. The number of nitrogens with zero attached hydrogens (tertiary/aromatic N) is 2. The minimum absolute atomic E-state index is 0.111. The van der Waals surface area contributed by atoms with Crippen LogP contribution in [0.5, 0.6) is 0 Å². The fourth-order valence-electron chi connectivity index (χ4n) is 2.46. The molecule has 118 valence electrons. The predicted octanol–water partition coefficient (Wildman–Crippen LogP) is 1.48. The van der Waals surface area contributed by atoms with Gasteiger partial charge in [-0.05, 0) is 25.2 Å². The SMILES string of the molecule is CCC(=O)C(=N)c1cc(C(=O)O)cc(N2CCN(C)CC2)c1. The lowest BCUT2D eigenvalue weighted by molar-refractivity contribution is -0.112. The molecule has 6 nitrogen and oxygen atoms in total. The van der Waals surface area contributed by atoms with Crippen LogP contribution in [0.4, 0.5) is 5.69 Å². The average Bonchev–Trinajstić information content (AvgIpc) is 2.53. The number of ketones is 1. The minimum Gasteiger partial charge on any atom is -0.478 e. The number of carboxylic acid groups (broad SMARTS) is 1. The number of hydrogen-bond acceptors (Lipinski definition) is 5. The van der Waals surface area contributed by atoms with E-state index < -0.39 is 5.97 Å². The van der Waals surface area contributed by atoms with Crippen molar-refractivity contribution >= 4 is 23.2 Å². The molecule has 6 heteroatoms. The van der Waals surface area contributed by atoms with Crippen LogP contribution in [0.2, 0.25) is 0 Å². The molecule has 0 bridgehead atoms. The van der Waals surface area contributed by atoms with Crippen LogP contribution in [0.3, 0.4) is 0 Å². The highest BCUT2D eigenvalue weighted by atomic mass is 16.4. The quantitative estimate of drug-likeness (QED) is 0.805. The summed E-state index contributed by atoms with van der Waals surface area (Å²) < 4.78 is 0. The number of rotatable bonds is 5. The monoisotopic (exact) mass is 303 g/mol. The first kappa shape index (κ1) is 16.2. The summed E-state index contributed by atoms with van der Waals surface area (Å²) in [5.41, 5.74) is 1.12. The number of nitrogens with one attached hydrogen (secondary N) is 1. The molecule has 0 radical (unpaired) electrons. The van der Waals surface area contributed by atoms with Crippen molar-refractivity contribution in [1.82, 2.24) is 4.90 Å². The first-order chi connectivity index (χ1) is 10.4. The van der Waals surface area contributed by atoms with Crippen molar-refractivity contribution in [2.45, 2.75) is 13.3 Å². The lowest BCUT2D eigenvalue weighted by Gasteiger charge is -2.34. The summed E-state index contributed by atoms with van der Waals surface area (Å²) >= 11 is 0. The molecule has 1 aliphatic rings. The Labute approximate surface area is 129 Å². The summed E-state index contributed by atoms with van der Waals surface area (Å²) in [5.74, 6) is -1.33. The van der Waals surface area contributed by atoms with Crippen LogP contribution in [-0.2, 0) is 4.79 Å². The molecule has 1 aromatic carbocycles. The van der Waals surface area contributed by atoms with E-state index in [1.807, 2.05) is 7.05 Å². The molecule has 0 aliphatic carbocycles. The van der Waals surface area contributed by atoms with E-state index in [2.05, 4.69) is 9.80 Å². The van der Waals surface area contributed by atoms with Crippen LogP contribution in [0.25, 0.3) is 0 Å². The molecule has 22 heavy (non-hydrogen) atoms. The number of Topliss-reactive ketones (excluding diaryl/α,β-unsaturated/α-hetero) is 1. The minimum atomic E-state index is -1.05. The van der Waals surface area contributed by atoms with Gasteiger partial charge in [0.1, 0.15) is 5.71 Å². The van der Waals surface area contributed by atoms with E-state index in [1.165, 1.54) is 6.07 Å². The van der Waals surface area contributed by atoms with Crippen LogP contribution in [0.15, 0.2) is 18.2 Å². The zero-order valence-corrected chi connectivity index (χ0v) is 12.9. The van der Waals surface area contributed by atoms with Crippen molar-refractivity contribution in [3.05, 3.63) is 29.3 Å². The molecule has 2 N–H and O–H groups in total. The Morgan fingerprint density at radius 2 is 1.73 bits per heavy atom. The van der Waals surface area contributed by atoms with Crippen molar-refractivity contribution in [3.63, 3.8) is 0 Å². The maximum atomic E-state index is 11.7. The number of aromatic carboxylic acids is 1. The summed E-state index contributed by atoms with van der Waals surface area (Å²) in [6, 6.07) is 4.76. The van der Waals surface area contributed by atoms with Crippen molar-refractivity contribution in [1.29, 1.82) is 5.41 Å². The highest BCUT2D eigenvalue weighted by Gasteiger charge is 2.19. The Kier molecular flexibility index (Phi) is 4.92. The van der Waals surface area contributed by atoms with E-state index in [-0.39, 0.29) is 23.5 Å². The first-order valence-electron chi connectivity index (χ1n) is 7.36. The second-order valence-electron chi connectivity index (χ2n) is 5.52. The molecule has 2 rings (SSSR count). The van der Waals surface area contributed by atoms with Gasteiger partial charge in [-0.2, -0.15) is 0 Å². The Hall–Kier alpha value is -2.21. The number of anilines is 1.